The van der Waals surface area contributed by atoms with E-state index in [1.54, 1.807) is 6.92 Å². The molecule has 7 heteroatoms. The highest BCUT2D eigenvalue weighted by molar-refractivity contribution is 7.16. The van der Waals surface area contributed by atoms with E-state index in [4.69, 9.17) is 4.74 Å². The van der Waals surface area contributed by atoms with Gasteiger partial charge in [0.05, 0.1) is 5.56 Å². The summed E-state index contributed by atoms with van der Waals surface area (Å²) in [6.07, 6.45) is 4.16. The van der Waals surface area contributed by atoms with Gasteiger partial charge in [-0.05, 0) is 51.0 Å². The largest absolute Gasteiger partial charge is 0.452 e. The van der Waals surface area contributed by atoms with Crippen molar-refractivity contribution < 1.29 is 19.1 Å². The summed E-state index contributed by atoms with van der Waals surface area (Å²) in [6, 6.07) is 0.169. The Morgan fingerprint density at radius 1 is 1.16 bits per heavy atom. The van der Waals surface area contributed by atoms with E-state index >= 15 is 0 Å². The zero-order chi connectivity index (χ0) is 18.6. The molecule has 1 aliphatic rings. The fraction of sp³-hybridized carbons (Fsp3) is 0.611. The maximum atomic E-state index is 12.4. The van der Waals surface area contributed by atoms with Gasteiger partial charge in [-0.2, -0.15) is 0 Å². The molecule has 138 valence electrons. The summed E-state index contributed by atoms with van der Waals surface area (Å²) in [6.45, 7) is 6.98. The number of hydrogen-bond donors (Lipinski definition) is 2. The van der Waals surface area contributed by atoms with Crippen LogP contribution < -0.4 is 10.6 Å². The van der Waals surface area contributed by atoms with Crippen LogP contribution in [0.3, 0.4) is 0 Å². The Bertz CT molecular complexity index is 660. The summed E-state index contributed by atoms with van der Waals surface area (Å²) in [7, 11) is 0. The lowest BCUT2D eigenvalue weighted by atomic mass is 9.87. The average molecular weight is 366 g/mol. The number of thiophene rings is 1. The van der Waals surface area contributed by atoms with Crippen LogP contribution in [0.25, 0.3) is 0 Å². The summed E-state index contributed by atoms with van der Waals surface area (Å²) >= 11 is 1.33. The Balaban J connectivity index is 1.91. The highest BCUT2D eigenvalue weighted by Crippen LogP contribution is 2.33. The van der Waals surface area contributed by atoms with E-state index in [1.807, 2.05) is 6.92 Å². The van der Waals surface area contributed by atoms with Gasteiger partial charge >= 0.3 is 5.97 Å². The molecule has 0 aromatic carbocycles. The van der Waals surface area contributed by atoms with Crippen molar-refractivity contribution in [2.75, 3.05) is 11.9 Å². The second-order valence-electron chi connectivity index (χ2n) is 6.77. The Hall–Kier alpha value is -1.89. The number of aryl methyl sites for hydroxylation is 1. The minimum Gasteiger partial charge on any atom is -0.452 e. The van der Waals surface area contributed by atoms with Gasteiger partial charge in [-0.15, -0.1) is 11.3 Å². The third kappa shape index (κ3) is 5.29. The molecule has 1 saturated carbocycles. The summed E-state index contributed by atoms with van der Waals surface area (Å²) in [4.78, 5) is 36.6. The molecule has 0 aliphatic heterocycles. The first-order valence-corrected chi connectivity index (χ1v) is 9.43. The molecular weight excluding hydrogens is 340 g/mol. The van der Waals surface area contributed by atoms with Crippen molar-refractivity contribution in [3.8, 4) is 0 Å². The molecule has 2 amide bonds. The van der Waals surface area contributed by atoms with Crippen LogP contribution in [0, 0.1) is 19.8 Å². The fourth-order valence-corrected chi connectivity index (χ4v) is 4.09. The van der Waals surface area contributed by atoms with Crippen molar-refractivity contribution in [2.24, 2.45) is 5.92 Å². The average Bonchev–Trinajstić information content (AvgIpc) is 2.81. The molecule has 0 spiro atoms. The predicted octanol–water partition coefficient (Wildman–Crippen LogP) is 3.18. The first-order valence-electron chi connectivity index (χ1n) is 8.62. The van der Waals surface area contributed by atoms with Crippen LogP contribution in [0.5, 0.6) is 0 Å². The number of anilines is 1. The lowest BCUT2D eigenvalue weighted by molar-refractivity contribution is -0.125. The first-order chi connectivity index (χ1) is 11.8. The predicted molar refractivity (Wildman–Crippen MR) is 97.9 cm³/mol. The molecule has 1 fully saturated rings. The quantitative estimate of drug-likeness (QED) is 0.784. The SMILES string of the molecule is CC(=O)Nc1sc(C)c(C)c1C(=O)OCC(=O)NC1CCC(C)CC1. The summed E-state index contributed by atoms with van der Waals surface area (Å²) in [5.41, 5.74) is 1.09. The number of rotatable bonds is 5. The van der Waals surface area contributed by atoms with Crippen molar-refractivity contribution in [2.45, 2.75) is 59.4 Å². The molecule has 0 bridgehead atoms. The van der Waals surface area contributed by atoms with Crippen molar-refractivity contribution >= 4 is 34.1 Å². The molecule has 2 rings (SSSR count). The summed E-state index contributed by atoms with van der Waals surface area (Å²) in [5.74, 6) is -0.404. The number of nitrogens with one attached hydrogen (secondary N) is 2. The highest BCUT2D eigenvalue weighted by atomic mass is 32.1. The lowest BCUT2D eigenvalue weighted by Gasteiger charge is -2.26. The van der Waals surface area contributed by atoms with Gasteiger partial charge in [0.1, 0.15) is 5.00 Å². The van der Waals surface area contributed by atoms with Gasteiger partial charge in [-0.3, -0.25) is 9.59 Å². The molecular formula is C18H26N2O4S. The maximum absolute atomic E-state index is 12.4. The molecule has 6 nitrogen and oxygen atoms in total. The van der Waals surface area contributed by atoms with Crippen molar-refractivity contribution in [1.29, 1.82) is 0 Å². The lowest BCUT2D eigenvalue weighted by Crippen LogP contribution is -2.39. The van der Waals surface area contributed by atoms with Crippen molar-refractivity contribution in [3.63, 3.8) is 0 Å². The second kappa shape index (κ2) is 8.47. The minimum absolute atomic E-state index is 0.169. The van der Waals surface area contributed by atoms with E-state index in [0.717, 1.165) is 36.1 Å². The standard InChI is InChI=1S/C18H26N2O4S/c1-10-5-7-14(8-6-10)20-15(22)9-24-18(23)16-11(2)12(3)25-17(16)19-13(4)21/h10,14H,5-9H2,1-4H3,(H,19,21)(H,20,22). The van der Waals surface area contributed by atoms with Gasteiger partial charge in [0.25, 0.3) is 5.91 Å². The van der Waals surface area contributed by atoms with Gasteiger partial charge in [0, 0.05) is 17.8 Å². The number of ether oxygens (including phenoxy) is 1. The zero-order valence-electron chi connectivity index (χ0n) is 15.2. The van der Waals surface area contributed by atoms with E-state index in [1.165, 1.54) is 18.3 Å². The third-order valence-corrected chi connectivity index (χ3v) is 5.72. The smallest absolute Gasteiger partial charge is 0.341 e. The third-order valence-electron chi connectivity index (χ3n) is 4.59. The Kier molecular flexibility index (Phi) is 6.58. The van der Waals surface area contributed by atoms with Crippen LogP contribution in [-0.4, -0.2) is 30.4 Å². The molecule has 0 saturated heterocycles. The molecule has 0 radical (unpaired) electrons. The normalized spacial score (nSPS) is 20.0. The van der Waals surface area contributed by atoms with E-state index in [9.17, 15) is 14.4 Å². The summed E-state index contributed by atoms with van der Waals surface area (Å²) < 4.78 is 5.17. The van der Waals surface area contributed by atoms with E-state index in [2.05, 4.69) is 17.6 Å². The highest BCUT2D eigenvalue weighted by Gasteiger charge is 2.24. The minimum atomic E-state index is -0.585. The Labute approximate surface area is 152 Å². The molecule has 0 unspecified atom stereocenters. The topological polar surface area (TPSA) is 84.5 Å². The maximum Gasteiger partial charge on any atom is 0.341 e. The fourth-order valence-electron chi connectivity index (χ4n) is 3.00. The Morgan fingerprint density at radius 2 is 1.80 bits per heavy atom. The number of carbonyl (C=O) groups excluding carboxylic acids is 3. The van der Waals surface area contributed by atoms with Gasteiger partial charge in [0.2, 0.25) is 5.91 Å². The monoisotopic (exact) mass is 366 g/mol. The van der Waals surface area contributed by atoms with Crippen molar-refractivity contribution in [3.05, 3.63) is 16.0 Å². The summed E-state index contributed by atoms with van der Waals surface area (Å²) in [5, 5.41) is 6.05. The van der Waals surface area contributed by atoms with Crippen LogP contribution in [0.2, 0.25) is 0 Å². The van der Waals surface area contributed by atoms with E-state index < -0.39 is 5.97 Å². The molecule has 1 heterocycles. The number of carbonyl (C=O) groups is 3. The van der Waals surface area contributed by atoms with Crippen LogP contribution in [-0.2, 0) is 14.3 Å². The van der Waals surface area contributed by atoms with Gasteiger partial charge in [0.15, 0.2) is 6.61 Å². The molecule has 2 N–H and O–H groups in total. The van der Waals surface area contributed by atoms with Gasteiger partial charge in [-0.1, -0.05) is 6.92 Å². The number of hydrogen-bond acceptors (Lipinski definition) is 5. The molecule has 1 aromatic heterocycles. The number of amides is 2. The van der Waals surface area contributed by atoms with Crippen LogP contribution in [0.15, 0.2) is 0 Å². The van der Waals surface area contributed by atoms with Gasteiger partial charge in [-0.25, -0.2) is 4.79 Å². The zero-order valence-corrected chi connectivity index (χ0v) is 16.0. The molecule has 25 heavy (non-hydrogen) atoms. The second-order valence-corrected chi connectivity index (χ2v) is 7.99. The molecule has 1 aliphatic carbocycles. The number of esters is 1. The van der Waals surface area contributed by atoms with Gasteiger partial charge < -0.3 is 15.4 Å². The molecule has 1 aromatic rings. The van der Waals surface area contributed by atoms with E-state index in [0.29, 0.717) is 16.5 Å². The van der Waals surface area contributed by atoms with Crippen molar-refractivity contribution in [1.82, 2.24) is 5.32 Å². The van der Waals surface area contributed by atoms with Crippen LogP contribution >= 0.6 is 11.3 Å². The first kappa shape index (κ1) is 19.4. The van der Waals surface area contributed by atoms with Crippen LogP contribution in [0.4, 0.5) is 5.00 Å². The van der Waals surface area contributed by atoms with Crippen LogP contribution in [0.1, 0.15) is 60.3 Å². The Morgan fingerprint density at radius 3 is 2.40 bits per heavy atom. The van der Waals surface area contributed by atoms with E-state index in [-0.39, 0.29) is 24.5 Å². The molecule has 0 atom stereocenters.